The van der Waals surface area contributed by atoms with E-state index in [1.54, 1.807) is 0 Å². The molecule has 1 aliphatic carbocycles. The highest BCUT2D eigenvalue weighted by atomic mass is 16.3. The predicted molar refractivity (Wildman–Crippen MR) is 70.8 cm³/mol. The van der Waals surface area contributed by atoms with Gasteiger partial charge in [0, 0.05) is 23.7 Å². The Bertz CT molecular complexity index is 546. The van der Waals surface area contributed by atoms with Gasteiger partial charge in [-0.2, -0.15) is 0 Å². The third kappa shape index (κ3) is 1.95. The summed E-state index contributed by atoms with van der Waals surface area (Å²) in [6.07, 6.45) is 7.72. The monoisotopic (exact) mass is 242 g/mol. The van der Waals surface area contributed by atoms with Crippen molar-refractivity contribution in [3.63, 3.8) is 0 Å². The van der Waals surface area contributed by atoms with Gasteiger partial charge in [-0.15, -0.1) is 0 Å². The molecule has 2 heterocycles. The Morgan fingerprint density at radius 1 is 1.28 bits per heavy atom. The van der Waals surface area contributed by atoms with Crippen LogP contribution < -0.4 is 0 Å². The van der Waals surface area contributed by atoms with Gasteiger partial charge in [-0.05, 0) is 44.4 Å². The van der Waals surface area contributed by atoms with Crippen LogP contribution in [0.3, 0.4) is 0 Å². The molecule has 3 heteroatoms. The molecule has 94 valence electrons. The van der Waals surface area contributed by atoms with Crippen LogP contribution in [0.25, 0.3) is 5.69 Å². The first-order chi connectivity index (χ1) is 8.75. The van der Waals surface area contributed by atoms with Crippen molar-refractivity contribution in [2.75, 3.05) is 0 Å². The molecule has 1 unspecified atom stereocenters. The van der Waals surface area contributed by atoms with Gasteiger partial charge in [0.15, 0.2) is 0 Å². The molecule has 0 amide bonds. The molecule has 0 bridgehead atoms. The number of rotatable bonds is 1. The van der Waals surface area contributed by atoms with Crippen molar-refractivity contribution in [3.05, 3.63) is 47.5 Å². The van der Waals surface area contributed by atoms with E-state index in [1.807, 2.05) is 31.5 Å². The Hall–Kier alpha value is -1.61. The largest absolute Gasteiger partial charge is 0.387 e. The summed E-state index contributed by atoms with van der Waals surface area (Å²) in [6, 6.07) is 6.15. The quantitative estimate of drug-likeness (QED) is 0.781. The second kappa shape index (κ2) is 4.58. The molecule has 0 spiro atoms. The maximum atomic E-state index is 10.2. The van der Waals surface area contributed by atoms with Gasteiger partial charge in [0.25, 0.3) is 0 Å². The number of aliphatic hydroxyl groups excluding tert-OH is 1. The number of aliphatic hydroxyl groups is 1. The van der Waals surface area contributed by atoms with Crippen molar-refractivity contribution in [1.29, 1.82) is 0 Å². The Balaban J connectivity index is 2.20. The molecular weight excluding hydrogens is 224 g/mol. The van der Waals surface area contributed by atoms with Gasteiger partial charge in [-0.25, -0.2) is 0 Å². The van der Waals surface area contributed by atoms with E-state index < -0.39 is 6.10 Å². The number of nitrogens with zero attached hydrogens (tertiary/aromatic N) is 2. The highest BCUT2D eigenvalue weighted by Crippen LogP contribution is 2.31. The molecule has 0 fully saturated rings. The number of aromatic nitrogens is 2. The summed E-state index contributed by atoms with van der Waals surface area (Å²) in [5.74, 6) is 0. The first-order valence-corrected chi connectivity index (χ1v) is 6.57. The van der Waals surface area contributed by atoms with Crippen molar-refractivity contribution < 1.29 is 5.11 Å². The molecule has 2 aromatic rings. The predicted octanol–water partition coefficient (Wildman–Crippen LogP) is 2.94. The normalized spacial score (nSPS) is 19.3. The lowest BCUT2D eigenvalue weighted by atomic mass is 10.0. The van der Waals surface area contributed by atoms with Gasteiger partial charge in [-0.3, -0.25) is 4.98 Å². The molecule has 1 aliphatic rings. The summed E-state index contributed by atoms with van der Waals surface area (Å²) in [7, 11) is 0. The minimum absolute atomic E-state index is 0.406. The van der Waals surface area contributed by atoms with E-state index in [0.717, 1.165) is 37.1 Å². The lowest BCUT2D eigenvalue weighted by Gasteiger charge is -2.16. The number of hydrogen-bond donors (Lipinski definition) is 1. The molecular formula is C15H18N2O. The van der Waals surface area contributed by atoms with E-state index >= 15 is 0 Å². The summed E-state index contributed by atoms with van der Waals surface area (Å²) in [6.45, 7) is 1.99. The van der Waals surface area contributed by atoms with Crippen LogP contribution in [0.15, 0.2) is 30.6 Å². The summed E-state index contributed by atoms with van der Waals surface area (Å²) in [5, 5.41) is 10.2. The summed E-state index contributed by atoms with van der Waals surface area (Å²) in [5.41, 5.74) is 4.24. The van der Waals surface area contributed by atoms with Crippen LogP contribution in [0, 0.1) is 6.92 Å². The highest BCUT2D eigenvalue weighted by Gasteiger charge is 2.21. The van der Waals surface area contributed by atoms with Crippen LogP contribution >= 0.6 is 0 Å². The molecule has 18 heavy (non-hydrogen) atoms. The molecule has 0 aromatic carbocycles. The van der Waals surface area contributed by atoms with Gasteiger partial charge < -0.3 is 9.67 Å². The van der Waals surface area contributed by atoms with Crippen molar-refractivity contribution >= 4 is 0 Å². The molecule has 0 saturated heterocycles. The third-order valence-electron chi connectivity index (χ3n) is 3.61. The zero-order valence-corrected chi connectivity index (χ0v) is 10.6. The van der Waals surface area contributed by atoms with E-state index in [1.165, 1.54) is 11.3 Å². The van der Waals surface area contributed by atoms with Crippen LogP contribution in [-0.4, -0.2) is 14.7 Å². The fraction of sp³-hybridized carbons (Fsp3) is 0.400. The van der Waals surface area contributed by atoms with E-state index in [4.69, 9.17) is 0 Å². The van der Waals surface area contributed by atoms with Crippen LogP contribution in [0.2, 0.25) is 0 Å². The Kier molecular flexibility index (Phi) is 2.92. The third-order valence-corrected chi connectivity index (χ3v) is 3.61. The molecule has 3 nitrogen and oxygen atoms in total. The average molecular weight is 242 g/mol. The standard InChI is InChI=1S/C15H18N2O/c1-11-10-13(17-8-4-5-9-17)12-6-2-3-7-14(18)15(12)16-11/h4-5,8-10,14,18H,2-3,6-7H2,1H3. The fourth-order valence-corrected chi connectivity index (χ4v) is 2.74. The van der Waals surface area contributed by atoms with E-state index in [2.05, 4.69) is 15.6 Å². The lowest BCUT2D eigenvalue weighted by molar-refractivity contribution is 0.162. The Morgan fingerprint density at radius 3 is 2.83 bits per heavy atom. The van der Waals surface area contributed by atoms with E-state index in [9.17, 15) is 5.11 Å². The van der Waals surface area contributed by atoms with Crippen LogP contribution in [0.5, 0.6) is 0 Å². The average Bonchev–Trinajstić information content (AvgIpc) is 2.82. The van der Waals surface area contributed by atoms with Crippen LogP contribution in [-0.2, 0) is 6.42 Å². The van der Waals surface area contributed by atoms with E-state index in [0.29, 0.717) is 0 Å². The molecule has 1 N–H and O–H groups in total. The molecule has 2 aromatic heterocycles. The van der Waals surface area contributed by atoms with Gasteiger partial charge in [-0.1, -0.05) is 6.42 Å². The van der Waals surface area contributed by atoms with Crippen LogP contribution in [0.4, 0.5) is 0 Å². The number of pyridine rings is 1. The topological polar surface area (TPSA) is 38.0 Å². The molecule has 0 aliphatic heterocycles. The minimum atomic E-state index is -0.406. The second-order valence-electron chi connectivity index (χ2n) is 5.00. The molecule has 1 atom stereocenters. The molecule has 0 saturated carbocycles. The molecule has 0 radical (unpaired) electrons. The first-order valence-electron chi connectivity index (χ1n) is 6.57. The first kappa shape index (κ1) is 11.5. The number of fused-ring (bicyclic) bond motifs is 1. The molecule has 3 rings (SSSR count). The Morgan fingerprint density at radius 2 is 2.06 bits per heavy atom. The van der Waals surface area contributed by atoms with Crippen molar-refractivity contribution in [1.82, 2.24) is 9.55 Å². The van der Waals surface area contributed by atoms with Crippen LogP contribution in [0.1, 0.15) is 42.3 Å². The SMILES string of the molecule is Cc1cc(-n2cccc2)c2c(n1)C(O)CCCC2. The maximum absolute atomic E-state index is 10.2. The minimum Gasteiger partial charge on any atom is -0.387 e. The highest BCUT2D eigenvalue weighted by molar-refractivity contribution is 5.46. The smallest absolute Gasteiger partial charge is 0.0963 e. The second-order valence-corrected chi connectivity index (χ2v) is 5.00. The summed E-state index contributed by atoms with van der Waals surface area (Å²) < 4.78 is 2.12. The van der Waals surface area contributed by atoms with Gasteiger partial charge in [0.1, 0.15) is 0 Å². The van der Waals surface area contributed by atoms with Crippen molar-refractivity contribution in [2.24, 2.45) is 0 Å². The van der Waals surface area contributed by atoms with Gasteiger partial charge in [0.2, 0.25) is 0 Å². The van der Waals surface area contributed by atoms with Gasteiger partial charge in [0.05, 0.1) is 17.5 Å². The van der Waals surface area contributed by atoms with E-state index in [-0.39, 0.29) is 0 Å². The van der Waals surface area contributed by atoms with Crippen molar-refractivity contribution in [3.8, 4) is 5.69 Å². The zero-order valence-electron chi connectivity index (χ0n) is 10.6. The fourth-order valence-electron chi connectivity index (χ4n) is 2.74. The number of hydrogen-bond acceptors (Lipinski definition) is 2. The summed E-state index contributed by atoms with van der Waals surface area (Å²) >= 11 is 0. The zero-order chi connectivity index (χ0) is 12.5. The van der Waals surface area contributed by atoms with Gasteiger partial charge >= 0.3 is 0 Å². The number of aryl methyl sites for hydroxylation is 1. The lowest BCUT2D eigenvalue weighted by Crippen LogP contribution is -2.08. The summed E-state index contributed by atoms with van der Waals surface area (Å²) in [4.78, 5) is 4.56. The van der Waals surface area contributed by atoms with Crippen molar-refractivity contribution in [2.45, 2.75) is 38.7 Å². The maximum Gasteiger partial charge on any atom is 0.0963 e. The Labute approximate surface area is 107 Å².